The number of hydrogen-bond donors (Lipinski definition) is 10. The Bertz CT molecular complexity index is 1800. The van der Waals surface area contributed by atoms with Crippen molar-refractivity contribution in [1.82, 2.24) is 0 Å². The van der Waals surface area contributed by atoms with Gasteiger partial charge < -0.3 is 89.0 Å². The number of aliphatic hydroxyl groups excluding tert-OH is 9. The van der Waals surface area contributed by atoms with Crippen molar-refractivity contribution < 1.29 is 89.0 Å². The van der Waals surface area contributed by atoms with Gasteiger partial charge in [0.1, 0.15) is 67.1 Å². The Kier molecular flexibility index (Phi) is 13.1. The van der Waals surface area contributed by atoms with Crippen molar-refractivity contribution in [3.05, 3.63) is 11.6 Å². The third-order valence-electron chi connectivity index (χ3n) is 19.3. The van der Waals surface area contributed by atoms with Crippen LogP contribution in [0, 0.1) is 45.3 Å². The fraction of sp³-hybridized carbons (Fsp3) is 0.958. The lowest BCUT2D eigenvalue weighted by Gasteiger charge is -2.70. The first-order chi connectivity index (χ1) is 30.9. The van der Waals surface area contributed by atoms with Crippen LogP contribution in [0.5, 0.6) is 0 Å². The molecule has 9 fully saturated rings. The average Bonchev–Trinajstić information content (AvgIpc) is 3.87. The van der Waals surface area contributed by atoms with Gasteiger partial charge in [-0.05, 0) is 107 Å². The van der Waals surface area contributed by atoms with Crippen LogP contribution in [0.25, 0.3) is 0 Å². The second-order valence-corrected chi connectivity index (χ2v) is 23.3. The highest BCUT2D eigenvalue weighted by Gasteiger charge is 2.82. The van der Waals surface area contributed by atoms with Gasteiger partial charge in [-0.15, -0.1) is 0 Å². The third-order valence-corrected chi connectivity index (χ3v) is 19.3. The van der Waals surface area contributed by atoms with Crippen molar-refractivity contribution >= 4 is 0 Å². The molecule has 4 aliphatic carbocycles. The summed E-state index contributed by atoms with van der Waals surface area (Å²) in [6.45, 7) is 16.1. The van der Waals surface area contributed by atoms with Gasteiger partial charge in [-0.1, -0.05) is 39.3 Å². The molecular weight excluding hydrogens is 865 g/mol. The van der Waals surface area contributed by atoms with E-state index < -0.39 is 128 Å². The number of ether oxygens (including phenoxy) is 8. The molecule has 5 heterocycles. The largest absolute Gasteiger partial charge is 0.394 e. The minimum Gasteiger partial charge on any atom is -0.394 e. The van der Waals surface area contributed by atoms with Crippen molar-refractivity contribution in [3.63, 3.8) is 0 Å². The monoisotopic (exact) mass is 943 g/mol. The predicted octanol–water partition coefficient (Wildman–Crippen LogP) is 0.355. The zero-order valence-corrected chi connectivity index (χ0v) is 39.7. The number of aliphatic hydroxyl groups is 10. The van der Waals surface area contributed by atoms with E-state index in [4.69, 9.17) is 37.9 Å². The summed E-state index contributed by atoms with van der Waals surface area (Å²) in [6, 6.07) is 0. The molecule has 4 saturated carbocycles. The lowest BCUT2D eigenvalue weighted by molar-refractivity contribution is -0.391. The van der Waals surface area contributed by atoms with E-state index in [1.54, 1.807) is 0 Å². The Morgan fingerprint density at radius 3 is 2.00 bits per heavy atom. The molecule has 5 saturated heterocycles. The molecule has 378 valence electrons. The molecule has 9 aliphatic rings. The maximum absolute atomic E-state index is 12.3. The fourth-order valence-electron chi connectivity index (χ4n) is 15.9. The smallest absolute Gasteiger partial charge is 0.187 e. The standard InChI is InChI=1S/C48H78O18/c1-21(2)9-12-29-46(8,58)39-23-10-11-27-44(6)15-14-28(43(4,5)26(44)13-16-45(27,7)47(23)19-48(39,66-29)59-20-47)63-41-36(57)37(32(53)25(18-50)61-41)64-42-38(34(55)31(52)24(17-49)62-42)65-40-35(56)33(54)30(51)22(3)60-40/h9,22-42,49-58H,10-20H2,1-8H3. The molecule has 26 unspecified atom stereocenters. The van der Waals surface area contributed by atoms with Crippen molar-refractivity contribution in [3.8, 4) is 0 Å². The summed E-state index contributed by atoms with van der Waals surface area (Å²) in [5.74, 6) is -0.0237. The molecule has 2 bridgehead atoms. The topological polar surface area (TPSA) is 276 Å². The van der Waals surface area contributed by atoms with E-state index in [0.717, 1.165) is 38.5 Å². The fourth-order valence-corrected chi connectivity index (χ4v) is 15.9. The zero-order chi connectivity index (χ0) is 47.8. The van der Waals surface area contributed by atoms with E-state index in [0.29, 0.717) is 25.4 Å². The lowest BCUT2D eigenvalue weighted by Crippen LogP contribution is -2.68. The predicted molar refractivity (Wildman–Crippen MR) is 229 cm³/mol. The Morgan fingerprint density at radius 2 is 1.32 bits per heavy atom. The van der Waals surface area contributed by atoms with Gasteiger partial charge in [-0.3, -0.25) is 0 Å². The van der Waals surface area contributed by atoms with E-state index >= 15 is 0 Å². The summed E-state index contributed by atoms with van der Waals surface area (Å²) in [6.07, 6.45) is -15.4. The minimum absolute atomic E-state index is 0.0622. The highest BCUT2D eigenvalue weighted by Crippen LogP contribution is 2.81. The van der Waals surface area contributed by atoms with Gasteiger partial charge in [-0.25, -0.2) is 0 Å². The Labute approximate surface area is 387 Å². The second-order valence-electron chi connectivity index (χ2n) is 23.3. The molecule has 5 aliphatic heterocycles. The van der Waals surface area contributed by atoms with Gasteiger partial charge in [0.05, 0.1) is 43.7 Å². The summed E-state index contributed by atoms with van der Waals surface area (Å²) in [4.78, 5) is 0. The van der Waals surface area contributed by atoms with Crippen LogP contribution in [0.4, 0.5) is 0 Å². The average molecular weight is 943 g/mol. The maximum Gasteiger partial charge on any atom is 0.187 e. The van der Waals surface area contributed by atoms with Gasteiger partial charge in [0.15, 0.2) is 24.7 Å². The van der Waals surface area contributed by atoms with Crippen LogP contribution in [-0.2, 0) is 37.9 Å². The molecule has 0 aromatic carbocycles. The third kappa shape index (κ3) is 7.32. The van der Waals surface area contributed by atoms with Crippen molar-refractivity contribution in [2.24, 2.45) is 45.3 Å². The van der Waals surface area contributed by atoms with Gasteiger partial charge in [-0.2, -0.15) is 0 Å². The molecule has 0 aromatic heterocycles. The molecule has 66 heavy (non-hydrogen) atoms. The SMILES string of the molecule is CC(C)=CCC1OC23CC4(CO2)C(CCC2C5(C)CCC(OC6OC(CO)C(O)C(OC7OC(CO)C(O)C(O)C7OC7OC(C)C(O)C(O)C7O)C6O)C(C)(C)C5CCC24C)C3C1(C)O. The van der Waals surface area contributed by atoms with E-state index in [1.165, 1.54) is 12.5 Å². The van der Waals surface area contributed by atoms with Crippen LogP contribution in [0.15, 0.2) is 11.6 Å². The van der Waals surface area contributed by atoms with E-state index in [9.17, 15) is 51.1 Å². The van der Waals surface area contributed by atoms with Gasteiger partial charge in [0.25, 0.3) is 0 Å². The van der Waals surface area contributed by atoms with E-state index in [-0.39, 0.29) is 40.1 Å². The zero-order valence-electron chi connectivity index (χ0n) is 39.7. The van der Waals surface area contributed by atoms with Crippen molar-refractivity contribution in [2.75, 3.05) is 19.8 Å². The highest BCUT2D eigenvalue weighted by atomic mass is 16.8. The number of rotatable bonds is 10. The quantitative estimate of drug-likeness (QED) is 0.105. The van der Waals surface area contributed by atoms with Crippen molar-refractivity contribution in [1.29, 1.82) is 0 Å². The van der Waals surface area contributed by atoms with E-state index in [1.807, 2.05) is 6.92 Å². The van der Waals surface area contributed by atoms with Crippen LogP contribution >= 0.6 is 0 Å². The Balaban J connectivity index is 0.921. The van der Waals surface area contributed by atoms with E-state index in [2.05, 4.69) is 47.6 Å². The summed E-state index contributed by atoms with van der Waals surface area (Å²) in [7, 11) is 0. The highest BCUT2D eigenvalue weighted by molar-refractivity contribution is 5.28. The van der Waals surface area contributed by atoms with Crippen LogP contribution in [-0.4, -0.2) is 187 Å². The lowest BCUT2D eigenvalue weighted by atomic mass is 9.35. The van der Waals surface area contributed by atoms with Crippen LogP contribution in [0.1, 0.15) is 107 Å². The first-order valence-electron chi connectivity index (χ1n) is 24.5. The molecule has 0 radical (unpaired) electrons. The van der Waals surface area contributed by atoms with Crippen LogP contribution in [0.2, 0.25) is 0 Å². The van der Waals surface area contributed by atoms with Gasteiger partial charge in [0.2, 0.25) is 0 Å². The van der Waals surface area contributed by atoms with Gasteiger partial charge in [0, 0.05) is 17.8 Å². The van der Waals surface area contributed by atoms with Crippen LogP contribution < -0.4 is 0 Å². The molecule has 26 atom stereocenters. The Morgan fingerprint density at radius 1 is 0.667 bits per heavy atom. The molecule has 2 spiro atoms. The van der Waals surface area contributed by atoms with Gasteiger partial charge >= 0.3 is 0 Å². The number of allylic oxidation sites excluding steroid dienone is 1. The normalized spacial score (nSPS) is 57.4. The van der Waals surface area contributed by atoms with Crippen molar-refractivity contribution in [2.45, 2.75) is 222 Å². The minimum atomic E-state index is -1.83. The Hall–Kier alpha value is -0.980. The number of hydrogen-bond acceptors (Lipinski definition) is 18. The molecule has 9 rings (SSSR count). The molecular formula is C48H78O18. The first-order valence-corrected chi connectivity index (χ1v) is 24.5. The summed E-state index contributed by atoms with van der Waals surface area (Å²) >= 11 is 0. The maximum atomic E-state index is 12.3. The summed E-state index contributed by atoms with van der Waals surface area (Å²) in [5.41, 5.74) is -0.532. The molecule has 0 aromatic rings. The van der Waals surface area contributed by atoms with Crippen LogP contribution in [0.3, 0.4) is 0 Å². The summed E-state index contributed by atoms with van der Waals surface area (Å²) < 4.78 is 50.0. The molecule has 18 heteroatoms. The molecule has 10 N–H and O–H groups in total. The summed E-state index contributed by atoms with van der Waals surface area (Å²) in [5, 5.41) is 110. The second kappa shape index (κ2) is 17.4. The molecule has 0 amide bonds. The number of fused-ring (bicyclic) bond motifs is 4. The molecule has 18 nitrogen and oxygen atoms in total. The first kappa shape index (κ1) is 50.0.